The number of ether oxygens (including phenoxy) is 1. The number of hydrogen-bond donors (Lipinski definition) is 1. The van der Waals surface area contributed by atoms with Crippen molar-refractivity contribution >= 4 is 34.0 Å². The number of anilines is 1. The van der Waals surface area contributed by atoms with Crippen LogP contribution in [0, 0.1) is 6.92 Å². The Hall–Kier alpha value is -2.95. The van der Waals surface area contributed by atoms with E-state index in [4.69, 9.17) is 4.74 Å². The van der Waals surface area contributed by atoms with Crippen molar-refractivity contribution < 1.29 is 23.1 Å². The second-order valence-electron chi connectivity index (χ2n) is 7.28. The van der Waals surface area contributed by atoms with Gasteiger partial charge in [-0.15, -0.1) is 16.4 Å². The largest absolute Gasteiger partial charge is 0.462 e. The number of carbonyl (C=O) groups excluding carboxylic acids is 2. The number of esters is 1. The highest BCUT2D eigenvalue weighted by Crippen LogP contribution is 2.38. The van der Waals surface area contributed by atoms with E-state index >= 15 is 0 Å². The molecule has 3 aromatic rings. The molecule has 1 aliphatic rings. The summed E-state index contributed by atoms with van der Waals surface area (Å²) in [6, 6.07) is 1.20. The Morgan fingerprint density at radius 3 is 2.81 bits per heavy atom. The summed E-state index contributed by atoms with van der Waals surface area (Å²) in [5, 5.41) is 6.98. The topological polar surface area (TPSA) is 98.5 Å². The number of amides is 1. The van der Waals surface area contributed by atoms with Gasteiger partial charge in [0.2, 0.25) is 5.82 Å². The summed E-state index contributed by atoms with van der Waals surface area (Å²) in [6.45, 7) is 3.74. The van der Waals surface area contributed by atoms with E-state index in [0.29, 0.717) is 22.7 Å². The lowest BCUT2D eigenvalue weighted by atomic mass is 9.95. The second kappa shape index (κ2) is 8.66. The van der Waals surface area contributed by atoms with Gasteiger partial charge in [-0.05, 0) is 50.7 Å². The van der Waals surface area contributed by atoms with E-state index < -0.39 is 24.0 Å². The van der Waals surface area contributed by atoms with Gasteiger partial charge in [-0.25, -0.2) is 18.6 Å². The van der Waals surface area contributed by atoms with Crippen molar-refractivity contribution in [1.82, 2.24) is 19.6 Å². The van der Waals surface area contributed by atoms with Crippen LogP contribution in [0.3, 0.4) is 0 Å². The van der Waals surface area contributed by atoms with Crippen LogP contribution in [0.1, 0.15) is 75.4 Å². The summed E-state index contributed by atoms with van der Waals surface area (Å²) in [7, 11) is 0. The van der Waals surface area contributed by atoms with Crippen LogP contribution in [-0.4, -0.2) is 38.1 Å². The quantitative estimate of drug-likeness (QED) is 0.568. The zero-order chi connectivity index (χ0) is 22.1. The average Bonchev–Trinajstić information content (AvgIpc) is 3.32. The molecule has 1 aliphatic carbocycles. The first-order valence-corrected chi connectivity index (χ1v) is 10.9. The van der Waals surface area contributed by atoms with Crippen molar-refractivity contribution in [3.05, 3.63) is 39.3 Å². The number of nitrogens with zero attached hydrogens (tertiary/aromatic N) is 4. The number of carbonyl (C=O) groups is 2. The molecule has 0 atom stereocenters. The molecule has 1 amide bonds. The highest BCUT2D eigenvalue weighted by Gasteiger charge is 2.28. The SMILES string of the molecule is CCCOC(=O)c1c(NC(=O)c2nc3nc(C)cc(C(F)F)n3n2)sc2c1CCCC2. The zero-order valence-corrected chi connectivity index (χ0v) is 17.9. The van der Waals surface area contributed by atoms with Gasteiger partial charge in [-0.2, -0.15) is 9.50 Å². The van der Waals surface area contributed by atoms with Crippen LogP contribution >= 0.6 is 11.3 Å². The van der Waals surface area contributed by atoms with Crippen molar-refractivity contribution in [3.63, 3.8) is 0 Å². The van der Waals surface area contributed by atoms with Crippen molar-refractivity contribution in [1.29, 1.82) is 0 Å². The maximum Gasteiger partial charge on any atom is 0.341 e. The summed E-state index contributed by atoms with van der Waals surface area (Å²) in [5.41, 5.74) is 1.22. The summed E-state index contributed by atoms with van der Waals surface area (Å²) >= 11 is 1.33. The minimum absolute atomic E-state index is 0.0893. The number of aryl methyl sites for hydroxylation is 2. The Balaban J connectivity index is 1.68. The van der Waals surface area contributed by atoms with Gasteiger partial charge in [-0.3, -0.25) is 4.79 Å². The Bertz CT molecular complexity index is 1160. The first kappa shape index (κ1) is 21.3. The minimum atomic E-state index is -2.80. The first-order chi connectivity index (χ1) is 14.9. The monoisotopic (exact) mass is 449 g/mol. The zero-order valence-electron chi connectivity index (χ0n) is 17.1. The highest BCUT2D eigenvalue weighted by atomic mass is 32.1. The van der Waals surface area contributed by atoms with Crippen LogP contribution < -0.4 is 5.32 Å². The van der Waals surface area contributed by atoms with Gasteiger partial charge in [0.1, 0.15) is 10.7 Å². The normalized spacial score (nSPS) is 13.5. The highest BCUT2D eigenvalue weighted by molar-refractivity contribution is 7.17. The van der Waals surface area contributed by atoms with Crippen molar-refractivity contribution in [2.75, 3.05) is 11.9 Å². The number of halogens is 2. The van der Waals surface area contributed by atoms with Crippen LogP contribution in [0.25, 0.3) is 5.78 Å². The summed E-state index contributed by atoms with van der Waals surface area (Å²) in [6.07, 6.45) is 1.43. The van der Waals surface area contributed by atoms with Crippen LogP contribution in [0.5, 0.6) is 0 Å². The third-order valence-electron chi connectivity index (χ3n) is 4.93. The molecule has 0 spiro atoms. The summed E-state index contributed by atoms with van der Waals surface area (Å²) in [4.78, 5) is 34.6. The van der Waals surface area contributed by atoms with Crippen LogP contribution in [0.4, 0.5) is 13.8 Å². The molecule has 0 unspecified atom stereocenters. The first-order valence-electron chi connectivity index (χ1n) is 10.0. The lowest BCUT2D eigenvalue weighted by Crippen LogP contribution is -2.17. The Morgan fingerprint density at radius 2 is 2.06 bits per heavy atom. The molecule has 0 aromatic carbocycles. The molecule has 4 rings (SSSR count). The number of hydrogen-bond acceptors (Lipinski definition) is 7. The summed E-state index contributed by atoms with van der Waals surface area (Å²) in [5.74, 6) is -1.57. The molecule has 0 radical (unpaired) electrons. The van der Waals surface area contributed by atoms with Crippen LogP contribution in [-0.2, 0) is 17.6 Å². The molecular formula is C20H21F2N5O3S. The van der Waals surface area contributed by atoms with E-state index in [-0.39, 0.29) is 18.2 Å². The molecule has 0 fully saturated rings. The Labute approximate surface area is 180 Å². The van der Waals surface area contributed by atoms with E-state index in [9.17, 15) is 18.4 Å². The fourth-order valence-corrected chi connectivity index (χ4v) is 4.83. The average molecular weight is 449 g/mol. The lowest BCUT2D eigenvalue weighted by molar-refractivity contribution is 0.0505. The van der Waals surface area contributed by atoms with E-state index in [0.717, 1.165) is 40.6 Å². The molecule has 31 heavy (non-hydrogen) atoms. The fourth-order valence-electron chi connectivity index (χ4n) is 3.56. The lowest BCUT2D eigenvalue weighted by Gasteiger charge is -2.12. The standard InChI is InChI=1S/C20H21F2N5O3S/c1-3-8-30-19(29)14-11-6-4-5-7-13(11)31-18(14)25-17(28)16-24-20-23-10(2)9-12(15(21)22)27(20)26-16/h9,15H,3-8H2,1-2H3,(H,25,28). The van der Waals surface area contributed by atoms with Gasteiger partial charge in [0.05, 0.1) is 12.2 Å². The molecule has 3 heterocycles. The molecule has 0 aliphatic heterocycles. The van der Waals surface area contributed by atoms with Crippen molar-refractivity contribution in [2.45, 2.75) is 52.4 Å². The molecule has 8 nitrogen and oxygen atoms in total. The summed E-state index contributed by atoms with van der Waals surface area (Å²) < 4.78 is 32.9. The van der Waals surface area contributed by atoms with Crippen LogP contribution in [0.15, 0.2) is 6.07 Å². The Morgan fingerprint density at radius 1 is 1.29 bits per heavy atom. The van der Waals surface area contributed by atoms with Gasteiger partial charge < -0.3 is 10.1 Å². The smallest absolute Gasteiger partial charge is 0.341 e. The van der Waals surface area contributed by atoms with E-state index in [1.165, 1.54) is 17.4 Å². The number of fused-ring (bicyclic) bond motifs is 2. The van der Waals surface area contributed by atoms with Gasteiger partial charge in [-0.1, -0.05) is 6.92 Å². The van der Waals surface area contributed by atoms with Crippen molar-refractivity contribution in [3.8, 4) is 0 Å². The van der Waals surface area contributed by atoms with Crippen molar-refractivity contribution in [2.24, 2.45) is 0 Å². The molecule has 3 aromatic heterocycles. The molecule has 11 heteroatoms. The second-order valence-corrected chi connectivity index (χ2v) is 8.38. The third kappa shape index (κ3) is 4.14. The Kier molecular flexibility index (Phi) is 5.94. The fraction of sp³-hybridized carbons (Fsp3) is 0.450. The molecule has 164 valence electrons. The number of rotatable bonds is 6. The van der Waals surface area contributed by atoms with Gasteiger partial charge >= 0.3 is 5.97 Å². The number of thiophene rings is 1. The van der Waals surface area contributed by atoms with E-state index in [1.54, 1.807) is 6.92 Å². The van der Waals surface area contributed by atoms with Crippen LogP contribution in [0.2, 0.25) is 0 Å². The predicted molar refractivity (Wildman–Crippen MR) is 110 cm³/mol. The number of alkyl halides is 2. The molecule has 0 saturated heterocycles. The molecular weight excluding hydrogens is 428 g/mol. The third-order valence-corrected chi connectivity index (χ3v) is 6.14. The molecule has 0 bridgehead atoms. The van der Waals surface area contributed by atoms with Gasteiger partial charge in [0.25, 0.3) is 18.1 Å². The van der Waals surface area contributed by atoms with E-state index in [1.807, 2.05) is 6.92 Å². The molecule has 1 N–H and O–H groups in total. The maximum atomic E-state index is 13.3. The maximum absolute atomic E-state index is 13.3. The molecule has 0 saturated carbocycles. The van der Waals surface area contributed by atoms with E-state index in [2.05, 4.69) is 20.4 Å². The number of nitrogens with one attached hydrogen (secondary N) is 1. The number of aromatic nitrogens is 4. The predicted octanol–water partition coefficient (Wildman–Crippen LogP) is 4.13. The van der Waals surface area contributed by atoms with Gasteiger partial charge in [0, 0.05) is 10.6 Å². The minimum Gasteiger partial charge on any atom is -0.462 e. The van der Waals surface area contributed by atoms with Gasteiger partial charge in [0.15, 0.2) is 0 Å².